The summed E-state index contributed by atoms with van der Waals surface area (Å²) in [4.78, 5) is 26.0. The Bertz CT molecular complexity index is 1520. The van der Waals surface area contributed by atoms with Gasteiger partial charge in [-0.25, -0.2) is 4.79 Å². The van der Waals surface area contributed by atoms with Crippen LogP contribution in [0.3, 0.4) is 0 Å². The fourth-order valence-electron chi connectivity index (χ4n) is 4.49. The van der Waals surface area contributed by atoms with Crippen molar-refractivity contribution in [3.8, 4) is 22.8 Å². The Morgan fingerprint density at radius 3 is 2.38 bits per heavy atom. The van der Waals surface area contributed by atoms with E-state index in [1.165, 1.54) is 0 Å². The lowest BCUT2D eigenvalue weighted by atomic mass is 10.0. The number of ether oxygens (including phenoxy) is 3. The third-order valence-electron chi connectivity index (χ3n) is 6.73. The number of methoxy groups -OCH3 is 2. The van der Waals surface area contributed by atoms with Crippen molar-refractivity contribution in [2.45, 2.75) is 19.8 Å². The molecule has 0 radical (unpaired) electrons. The van der Waals surface area contributed by atoms with E-state index < -0.39 is 10.6 Å². The minimum absolute atomic E-state index is 0. The van der Waals surface area contributed by atoms with E-state index >= 15 is 0 Å². The number of carbonyl (C=O) groups excluding carboxylic acids is 1. The molecule has 212 valence electrons. The summed E-state index contributed by atoms with van der Waals surface area (Å²) in [5, 5.41) is 13.3. The first-order valence-corrected chi connectivity index (χ1v) is 12.8. The van der Waals surface area contributed by atoms with Crippen molar-refractivity contribution in [2.24, 2.45) is 0 Å². The van der Waals surface area contributed by atoms with E-state index in [0.717, 1.165) is 11.1 Å². The lowest BCUT2D eigenvalue weighted by Crippen LogP contribution is -2.40. The maximum Gasteiger partial charge on any atom is 0.341 e. The van der Waals surface area contributed by atoms with Gasteiger partial charge in [0.2, 0.25) is 0 Å². The third kappa shape index (κ3) is 7.01. The van der Waals surface area contributed by atoms with Gasteiger partial charge in [-0.3, -0.25) is 4.79 Å². The van der Waals surface area contributed by atoms with Crippen LogP contribution in [-0.4, -0.2) is 51.6 Å². The first kappa shape index (κ1) is 30.7. The maximum atomic E-state index is 13.0. The molecule has 1 heterocycles. The zero-order valence-electron chi connectivity index (χ0n) is 23.1. The molecule has 0 N–H and O–H groups in total. The van der Waals surface area contributed by atoms with Crippen molar-refractivity contribution in [1.29, 1.82) is 0 Å². The highest BCUT2D eigenvalue weighted by molar-refractivity contribution is 6.02. The number of fused-ring (bicyclic) bond motifs is 1. The fraction of sp³-hybridized carbons (Fsp3) is 0.290. The minimum atomic E-state index is -0.600. The molecule has 0 spiro atoms. The fourth-order valence-corrected chi connectivity index (χ4v) is 4.49. The van der Waals surface area contributed by atoms with Gasteiger partial charge in [0.05, 0.1) is 46.3 Å². The second kappa shape index (κ2) is 13.5. The standard InChI is InChI=1S/C31H33NO7.ClH/c1-21-28(33)24-12-8-13-25(30(24)39-29(21)23-10-6-5-7-11-23)31(34)38-19-9-17-32(2,35)18-16-22-14-15-26(36-3)27(20-22)37-4;/h5-8,10-15,20H,9,16-19H2,1-4H3;1H. The summed E-state index contributed by atoms with van der Waals surface area (Å²) < 4.78 is 21.7. The van der Waals surface area contributed by atoms with Gasteiger partial charge in [-0.2, -0.15) is 0 Å². The van der Waals surface area contributed by atoms with Crippen LogP contribution in [0.1, 0.15) is 27.9 Å². The van der Waals surface area contributed by atoms with Gasteiger partial charge in [0.1, 0.15) is 11.3 Å². The van der Waals surface area contributed by atoms with Crippen molar-refractivity contribution in [1.82, 2.24) is 0 Å². The van der Waals surface area contributed by atoms with Crippen molar-refractivity contribution in [2.75, 3.05) is 41.0 Å². The van der Waals surface area contributed by atoms with Crippen molar-refractivity contribution in [3.05, 3.63) is 98.9 Å². The Kier molecular flexibility index (Phi) is 10.3. The molecule has 1 atom stereocenters. The molecule has 0 aliphatic rings. The number of likely N-dealkylation sites (N-methyl/N-ethyl adjacent to an activating group) is 1. The minimum Gasteiger partial charge on any atom is -0.633 e. The molecule has 40 heavy (non-hydrogen) atoms. The van der Waals surface area contributed by atoms with Gasteiger partial charge in [-0.05, 0) is 36.8 Å². The van der Waals surface area contributed by atoms with E-state index in [2.05, 4.69) is 0 Å². The normalized spacial score (nSPS) is 12.3. The lowest BCUT2D eigenvalue weighted by molar-refractivity contribution is -0.860. The van der Waals surface area contributed by atoms with E-state index in [-0.39, 0.29) is 42.1 Å². The summed E-state index contributed by atoms with van der Waals surface area (Å²) in [6.07, 6.45) is 0.957. The molecular weight excluding hydrogens is 534 g/mol. The molecule has 0 bridgehead atoms. The highest BCUT2D eigenvalue weighted by Gasteiger charge is 2.20. The number of quaternary nitrogens is 1. The van der Waals surface area contributed by atoms with E-state index in [9.17, 15) is 14.8 Å². The van der Waals surface area contributed by atoms with Gasteiger partial charge < -0.3 is 28.5 Å². The lowest BCUT2D eigenvalue weighted by Gasteiger charge is -2.38. The largest absolute Gasteiger partial charge is 0.633 e. The number of hydrogen-bond acceptors (Lipinski definition) is 7. The number of hydrogen-bond donors (Lipinski definition) is 0. The number of esters is 1. The Morgan fingerprint density at radius 1 is 0.950 bits per heavy atom. The Balaban J connectivity index is 0.00000441. The van der Waals surface area contributed by atoms with Crippen LogP contribution < -0.4 is 14.9 Å². The molecule has 4 rings (SSSR count). The van der Waals surface area contributed by atoms with Crippen LogP contribution in [0.2, 0.25) is 0 Å². The SMILES string of the molecule is COc1ccc(CC[N+](C)([O-])CCCOC(=O)c2cccc3c(=O)c(C)c(-c4ccccc4)oc23)cc1OC.Cl. The molecule has 1 unspecified atom stereocenters. The number of nitrogens with zero attached hydrogens (tertiary/aromatic N) is 1. The third-order valence-corrected chi connectivity index (χ3v) is 6.73. The zero-order valence-corrected chi connectivity index (χ0v) is 23.9. The molecule has 1 aromatic heterocycles. The van der Waals surface area contributed by atoms with E-state index in [1.54, 1.807) is 46.4 Å². The second-order valence-corrected chi connectivity index (χ2v) is 9.61. The monoisotopic (exact) mass is 567 g/mol. The van der Waals surface area contributed by atoms with Crippen molar-refractivity contribution >= 4 is 29.3 Å². The molecular formula is C31H34ClNO7. The van der Waals surface area contributed by atoms with Crippen LogP contribution in [0.25, 0.3) is 22.3 Å². The predicted octanol–water partition coefficient (Wildman–Crippen LogP) is 5.94. The molecule has 0 aliphatic carbocycles. The average Bonchev–Trinajstić information content (AvgIpc) is 2.96. The zero-order chi connectivity index (χ0) is 28.0. The second-order valence-electron chi connectivity index (χ2n) is 9.61. The van der Waals surface area contributed by atoms with Crippen LogP contribution in [0.4, 0.5) is 0 Å². The van der Waals surface area contributed by atoms with E-state index in [4.69, 9.17) is 18.6 Å². The van der Waals surface area contributed by atoms with Gasteiger partial charge in [0.15, 0.2) is 22.5 Å². The van der Waals surface area contributed by atoms with Gasteiger partial charge >= 0.3 is 5.97 Å². The highest BCUT2D eigenvalue weighted by atomic mass is 35.5. The number of rotatable bonds is 11. The molecule has 0 fully saturated rings. The molecule has 0 amide bonds. The van der Waals surface area contributed by atoms with E-state index in [0.29, 0.717) is 47.6 Å². The Morgan fingerprint density at radius 2 is 1.68 bits per heavy atom. The first-order valence-electron chi connectivity index (χ1n) is 12.8. The summed E-state index contributed by atoms with van der Waals surface area (Å²) in [7, 11) is 4.76. The summed E-state index contributed by atoms with van der Waals surface area (Å²) >= 11 is 0. The smallest absolute Gasteiger partial charge is 0.341 e. The van der Waals surface area contributed by atoms with Crippen molar-refractivity contribution in [3.63, 3.8) is 0 Å². The molecule has 0 aliphatic heterocycles. The van der Waals surface area contributed by atoms with Gasteiger partial charge in [-0.1, -0.05) is 42.5 Å². The first-order chi connectivity index (χ1) is 18.7. The molecule has 9 heteroatoms. The predicted molar refractivity (Wildman–Crippen MR) is 157 cm³/mol. The summed E-state index contributed by atoms with van der Waals surface area (Å²) in [5.74, 6) is 1.08. The van der Waals surface area contributed by atoms with Crippen LogP contribution in [0.15, 0.2) is 75.9 Å². The number of halogens is 1. The average molecular weight is 568 g/mol. The van der Waals surface area contributed by atoms with E-state index in [1.807, 2.05) is 48.5 Å². The number of para-hydroxylation sites is 1. The van der Waals surface area contributed by atoms with Gasteiger partial charge in [0, 0.05) is 24.0 Å². The van der Waals surface area contributed by atoms with Crippen LogP contribution >= 0.6 is 12.4 Å². The summed E-state index contributed by atoms with van der Waals surface area (Å²) in [5.41, 5.74) is 2.36. The Labute approximate surface area is 239 Å². The Hall–Kier alpha value is -3.85. The molecule has 8 nitrogen and oxygen atoms in total. The topological polar surface area (TPSA) is 98.0 Å². The molecule has 0 saturated heterocycles. The van der Waals surface area contributed by atoms with Gasteiger partial charge in [0.25, 0.3) is 0 Å². The highest BCUT2D eigenvalue weighted by Crippen LogP contribution is 2.29. The summed E-state index contributed by atoms with van der Waals surface area (Å²) in [6, 6.07) is 19.7. The number of carbonyl (C=O) groups is 1. The van der Waals surface area contributed by atoms with Crippen LogP contribution in [0.5, 0.6) is 11.5 Å². The quantitative estimate of drug-likeness (QED) is 0.0957. The number of hydroxylamine groups is 3. The molecule has 4 aromatic rings. The summed E-state index contributed by atoms with van der Waals surface area (Å²) in [6.45, 7) is 2.42. The molecule has 3 aromatic carbocycles. The molecule has 0 saturated carbocycles. The van der Waals surface area contributed by atoms with Gasteiger partial charge in [-0.15, -0.1) is 12.4 Å². The van der Waals surface area contributed by atoms with Crippen molar-refractivity contribution < 1.29 is 28.1 Å². The maximum absolute atomic E-state index is 13.0. The van der Waals surface area contributed by atoms with Crippen LogP contribution in [-0.2, 0) is 11.2 Å². The van der Waals surface area contributed by atoms with Crippen LogP contribution in [0, 0.1) is 12.1 Å². The number of benzene rings is 3.